The average molecular weight is 294 g/mol. The summed E-state index contributed by atoms with van der Waals surface area (Å²) in [7, 11) is 3.52. The smallest absolute Gasteiger partial charge is 0.201 e. The second kappa shape index (κ2) is 6.75. The number of hydrogen-bond acceptors (Lipinski definition) is 3. The van der Waals surface area contributed by atoms with Gasteiger partial charge >= 0.3 is 0 Å². The lowest BCUT2D eigenvalue weighted by molar-refractivity contribution is 0.0810. The molecule has 2 atom stereocenters. The summed E-state index contributed by atoms with van der Waals surface area (Å²) >= 11 is 0. The van der Waals surface area contributed by atoms with E-state index in [0.29, 0.717) is 5.92 Å². The second-order valence-corrected chi connectivity index (χ2v) is 5.64. The van der Waals surface area contributed by atoms with E-state index in [9.17, 15) is 0 Å². The molecule has 0 N–H and O–H groups in total. The first-order chi connectivity index (χ1) is 10.8. The van der Waals surface area contributed by atoms with E-state index in [1.165, 1.54) is 11.1 Å². The normalized spacial score (nSPS) is 22.2. The molecule has 2 aromatic carbocycles. The first-order valence-corrected chi connectivity index (χ1v) is 7.67. The van der Waals surface area contributed by atoms with Crippen molar-refractivity contribution in [1.29, 1.82) is 0 Å². The predicted octanol–water partition coefficient (Wildman–Crippen LogP) is 3.33. The van der Waals surface area contributed by atoms with Gasteiger partial charge in [-0.15, -0.1) is 0 Å². The molecule has 114 valence electrons. The fraction of sp³-hybridized carbons (Fsp3) is 0.316. The van der Waals surface area contributed by atoms with Crippen molar-refractivity contribution < 1.29 is 4.74 Å². The standard InChI is InChI=1S/C19H22N2O/c1-20-19(22-2)18-17(16-11-7-4-8-12-16)14-21(18)13-15-9-5-3-6-10-15/h3-12,17-18H,13-14H2,1-2H3/t17-,18+/m0/s1. The van der Waals surface area contributed by atoms with Gasteiger partial charge in [-0.3, -0.25) is 9.89 Å². The molecule has 1 aliphatic heterocycles. The molecular formula is C19H22N2O. The molecule has 0 radical (unpaired) electrons. The van der Waals surface area contributed by atoms with Crippen LogP contribution in [0.25, 0.3) is 0 Å². The van der Waals surface area contributed by atoms with Crippen molar-refractivity contribution in [2.24, 2.45) is 4.99 Å². The molecule has 2 aromatic rings. The van der Waals surface area contributed by atoms with Gasteiger partial charge in [0.25, 0.3) is 0 Å². The number of likely N-dealkylation sites (tertiary alicyclic amines) is 1. The summed E-state index contributed by atoms with van der Waals surface area (Å²) in [5.41, 5.74) is 2.68. The molecule has 0 unspecified atom stereocenters. The lowest BCUT2D eigenvalue weighted by Gasteiger charge is -2.48. The van der Waals surface area contributed by atoms with E-state index < -0.39 is 0 Å². The van der Waals surface area contributed by atoms with Gasteiger partial charge in [-0.1, -0.05) is 60.7 Å². The Morgan fingerprint density at radius 1 is 1.09 bits per heavy atom. The van der Waals surface area contributed by atoms with E-state index in [-0.39, 0.29) is 6.04 Å². The molecule has 1 heterocycles. The fourth-order valence-corrected chi connectivity index (χ4v) is 3.22. The summed E-state index contributed by atoms with van der Waals surface area (Å²) in [6.07, 6.45) is 0. The fourth-order valence-electron chi connectivity index (χ4n) is 3.22. The van der Waals surface area contributed by atoms with Gasteiger partial charge in [-0.2, -0.15) is 0 Å². The van der Waals surface area contributed by atoms with E-state index in [1.807, 2.05) is 0 Å². The minimum atomic E-state index is 0.220. The van der Waals surface area contributed by atoms with Crippen molar-refractivity contribution in [2.45, 2.75) is 18.5 Å². The molecule has 3 heteroatoms. The largest absolute Gasteiger partial charge is 0.483 e. The molecule has 22 heavy (non-hydrogen) atoms. The highest BCUT2D eigenvalue weighted by Gasteiger charge is 2.43. The Bertz CT molecular complexity index is 624. The zero-order valence-corrected chi connectivity index (χ0v) is 13.1. The summed E-state index contributed by atoms with van der Waals surface area (Å²) in [4.78, 5) is 6.78. The van der Waals surface area contributed by atoms with E-state index in [1.54, 1.807) is 14.2 Å². The SMILES string of the molecule is CN=C(OC)[C@H]1[C@H](c2ccccc2)CN1Cc1ccccc1. The number of aliphatic imine (C=N–C) groups is 1. The van der Waals surface area contributed by atoms with Crippen LogP contribution in [0.3, 0.4) is 0 Å². The highest BCUT2D eigenvalue weighted by molar-refractivity contribution is 5.84. The summed E-state index contributed by atoms with van der Waals surface area (Å²) < 4.78 is 5.53. The maximum atomic E-state index is 5.53. The van der Waals surface area contributed by atoms with Crippen molar-refractivity contribution in [3.8, 4) is 0 Å². The molecule has 0 saturated carbocycles. The lowest BCUT2D eigenvalue weighted by Crippen LogP contribution is -2.58. The van der Waals surface area contributed by atoms with Gasteiger partial charge in [0.05, 0.1) is 13.2 Å². The van der Waals surface area contributed by atoms with E-state index >= 15 is 0 Å². The minimum absolute atomic E-state index is 0.220. The first-order valence-electron chi connectivity index (χ1n) is 7.67. The Labute approximate surface area is 132 Å². The van der Waals surface area contributed by atoms with Crippen LogP contribution in [0.15, 0.2) is 65.7 Å². The topological polar surface area (TPSA) is 24.8 Å². The third-order valence-electron chi connectivity index (χ3n) is 4.34. The highest BCUT2D eigenvalue weighted by Crippen LogP contribution is 2.36. The van der Waals surface area contributed by atoms with E-state index in [0.717, 1.165) is 19.0 Å². The van der Waals surface area contributed by atoms with Crippen LogP contribution in [0.5, 0.6) is 0 Å². The molecule has 0 aliphatic carbocycles. The monoisotopic (exact) mass is 294 g/mol. The molecule has 0 bridgehead atoms. The van der Waals surface area contributed by atoms with Gasteiger partial charge < -0.3 is 4.74 Å². The minimum Gasteiger partial charge on any atom is -0.483 e. The number of rotatable bonds is 4. The molecular weight excluding hydrogens is 272 g/mol. The van der Waals surface area contributed by atoms with Gasteiger partial charge in [0.15, 0.2) is 0 Å². The van der Waals surface area contributed by atoms with Crippen LogP contribution in [0.2, 0.25) is 0 Å². The van der Waals surface area contributed by atoms with E-state index in [4.69, 9.17) is 4.74 Å². The molecule has 1 aliphatic rings. The second-order valence-electron chi connectivity index (χ2n) is 5.64. The Hall–Kier alpha value is -2.13. The first kappa shape index (κ1) is 14.8. The molecule has 0 spiro atoms. The summed E-state index contributed by atoms with van der Waals surface area (Å²) in [6.45, 7) is 1.96. The van der Waals surface area contributed by atoms with Crippen molar-refractivity contribution in [1.82, 2.24) is 4.90 Å². The summed E-state index contributed by atoms with van der Waals surface area (Å²) in [6, 6.07) is 21.4. The van der Waals surface area contributed by atoms with E-state index in [2.05, 4.69) is 70.6 Å². The highest BCUT2D eigenvalue weighted by atomic mass is 16.5. The molecule has 3 rings (SSSR count). The zero-order chi connectivity index (χ0) is 15.4. The van der Waals surface area contributed by atoms with Crippen LogP contribution >= 0.6 is 0 Å². The van der Waals surface area contributed by atoms with Gasteiger partial charge in [-0.05, 0) is 11.1 Å². The van der Waals surface area contributed by atoms with Gasteiger partial charge in [0.2, 0.25) is 5.90 Å². The Kier molecular flexibility index (Phi) is 4.54. The number of benzene rings is 2. The Morgan fingerprint density at radius 2 is 1.73 bits per heavy atom. The van der Waals surface area contributed by atoms with Crippen molar-refractivity contribution in [3.63, 3.8) is 0 Å². The maximum absolute atomic E-state index is 5.53. The quantitative estimate of drug-likeness (QED) is 0.638. The zero-order valence-electron chi connectivity index (χ0n) is 13.1. The number of ether oxygens (including phenoxy) is 1. The van der Waals surface area contributed by atoms with Crippen LogP contribution in [0, 0.1) is 0 Å². The van der Waals surface area contributed by atoms with Crippen molar-refractivity contribution in [3.05, 3.63) is 71.8 Å². The average Bonchev–Trinajstić information content (AvgIpc) is 2.57. The third kappa shape index (κ3) is 2.90. The Balaban J connectivity index is 1.80. The van der Waals surface area contributed by atoms with Crippen molar-refractivity contribution in [2.75, 3.05) is 20.7 Å². The van der Waals surface area contributed by atoms with Gasteiger partial charge in [-0.25, -0.2) is 0 Å². The van der Waals surface area contributed by atoms with Crippen LogP contribution in [0.4, 0.5) is 0 Å². The number of nitrogens with zero attached hydrogens (tertiary/aromatic N) is 2. The summed E-state index contributed by atoms with van der Waals surface area (Å²) in [5, 5.41) is 0. The molecule has 1 saturated heterocycles. The predicted molar refractivity (Wildman–Crippen MR) is 90.2 cm³/mol. The molecule has 1 fully saturated rings. The molecule has 3 nitrogen and oxygen atoms in total. The van der Waals surface area contributed by atoms with Gasteiger partial charge in [0.1, 0.15) is 0 Å². The third-order valence-corrected chi connectivity index (χ3v) is 4.34. The molecule has 0 amide bonds. The van der Waals surface area contributed by atoms with Crippen LogP contribution in [0.1, 0.15) is 17.0 Å². The Morgan fingerprint density at radius 3 is 2.32 bits per heavy atom. The summed E-state index contributed by atoms with van der Waals surface area (Å²) in [5.74, 6) is 1.26. The van der Waals surface area contributed by atoms with Gasteiger partial charge in [0, 0.05) is 26.1 Å². The van der Waals surface area contributed by atoms with Crippen LogP contribution in [-0.2, 0) is 11.3 Å². The lowest BCUT2D eigenvalue weighted by atomic mass is 9.82. The van der Waals surface area contributed by atoms with Crippen LogP contribution < -0.4 is 0 Å². The number of methoxy groups -OCH3 is 1. The van der Waals surface area contributed by atoms with Crippen LogP contribution in [-0.4, -0.2) is 37.5 Å². The van der Waals surface area contributed by atoms with Crippen molar-refractivity contribution >= 4 is 5.90 Å². The maximum Gasteiger partial charge on any atom is 0.201 e. The molecule has 0 aromatic heterocycles. The number of hydrogen-bond donors (Lipinski definition) is 0.